The Hall–Kier alpha value is -6.18. The first-order valence-electron chi connectivity index (χ1n) is 13.1. The van der Waals surface area contributed by atoms with Crippen LogP contribution in [0.4, 0.5) is 17.6 Å². The lowest BCUT2D eigenvalue weighted by molar-refractivity contribution is -0.145. The third-order valence-electron chi connectivity index (χ3n) is 5.57. The van der Waals surface area contributed by atoms with Crippen molar-refractivity contribution in [2.45, 2.75) is 6.43 Å². The van der Waals surface area contributed by atoms with Crippen molar-refractivity contribution in [1.82, 2.24) is 0 Å². The second-order valence-corrected chi connectivity index (χ2v) is 8.74. The molecule has 0 unspecified atom stereocenters. The van der Waals surface area contributed by atoms with E-state index < -0.39 is 66.8 Å². The summed E-state index contributed by atoms with van der Waals surface area (Å²) in [5.74, 6) is -6.05. The van der Waals surface area contributed by atoms with E-state index in [9.17, 15) is 36.7 Å². The average Bonchev–Trinajstić information content (AvgIpc) is 3.04. The summed E-state index contributed by atoms with van der Waals surface area (Å²) in [5.41, 5.74) is -0.902. The van der Waals surface area contributed by atoms with Crippen LogP contribution < -0.4 is 18.9 Å². The molecule has 0 spiro atoms. The molecule has 0 aliphatic rings. The van der Waals surface area contributed by atoms with Crippen LogP contribution in [0.1, 0.15) is 23.1 Å². The minimum absolute atomic E-state index is 0.0234. The number of alkyl halides is 2. The van der Waals surface area contributed by atoms with Gasteiger partial charge in [-0.1, -0.05) is 13.2 Å². The molecular formula is C33H24F4O10. The van der Waals surface area contributed by atoms with Gasteiger partial charge < -0.3 is 28.4 Å². The second-order valence-electron chi connectivity index (χ2n) is 8.74. The van der Waals surface area contributed by atoms with Gasteiger partial charge in [0.1, 0.15) is 34.6 Å². The molecule has 0 aliphatic heterocycles. The molecule has 0 atom stereocenters. The van der Waals surface area contributed by atoms with Crippen LogP contribution in [-0.2, 0) is 28.7 Å². The SMILES string of the molecule is C=CC(=O)OCOc1ccc(/C=C/C(=O)Oc2ccc(OC(=O)/C=C/c3ccc(OCOC(=O)C=C)cc3F)c(C(F)F)c2)c(F)c1. The number of esters is 4. The fourth-order valence-electron chi connectivity index (χ4n) is 3.36. The molecular weight excluding hydrogens is 632 g/mol. The number of rotatable bonds is 15. The molecule has 0 aliphatic carbocycles. The third kappa shape index (κ3) is 11.4. The monoisotopic (exact) mass is 656 g/mol. The van der Waals surface area contributed by atoms with Gasteiger partial charge in [0.15, 0.2) is 0 Å². The molecule has 3 rings (SSSR count). The van der Waals surface area contributed by atoms with Gasteiger partial charge in [-0.25, -0.2) is 36.7 Å². The van der Waals surface area contributed by atoms with Crippen molar-refractivity contribution in [2.24, 2.45) is 0 Å². The van der Waals surface area contributed by atoms with Crippen molar-refractivity contribution in [1.29, 1.82) is 0 Å². The summed E-state index contributed by atoms with van der Waals surface area (Å²) in [6.45, 7) is 5.46. The van der Waals surface area contributed by atoms with Crippen molar-refractivity contribution < 1.29 is 65.2 Å². The van der Waals surface area contributed by atoms with E-state index in [1.807, 2.05) is 0 Å². The fraction of sp³-hybridized carbons (Fsp3) is 0.0909. The minimum atomic E-state index is -3.15. The summed E-state index contributed by atoms with van der Waals surface area (Å²) in [5, 5.41) is 0. The van der Waals surface area contributed by atoms with E-state index in [0.29, 0.717) is 0 Å². The maximum atomic E-state index is 14.4. The Balaban J connectivity index is 1.59. The fourth-order valence-corrected chi connectivity index (χ4v) is 3.36. The first kappa shape index (κ1) is 35.3. The van der Waals surface area contributed by atoms with Crippen LogP contribution in [0.3, 0.4) is 0 Å². The van der Waals surface area contributed by atoms with E-state index >= 15 is 0 Å². The van der Waals surface area contributed by atoms with E-state index in [0.717, 1.165) is 66.8 Å². The Morgan fingerprint density at radius 3 is 1.55 bits per heavy atom. The second kappa shape index (κ2) is 17.3. The van der Waals surface area contributed by atoms with Crippen LogP contribution in [0.25, 0.3) is 12.2 Å². The van der Waals surface area contributed by atoms with Gasteiger partial charge in [0, 0.05) is 47.6 Å². The van der Waals surface area contributed by atoms with Crippen molar-refractivity contribution >= 4 is 36.0 Å². The zero-order valence-corrected chi connectivity index (χ0v) is 24.2. The summed E-state index contributed by atoms with van der Waals surface area (Å²) in [4.78, 5) is 46.5. The molecule has 0 bridgehead atoms. The molecule has 47 heavy (non-hydrogen) atoms. The summed E-state index contributed by atoms with van der Waals surface area (Å²) >= 11 is 0. The molecule has 0 aromatic heterocycles. The number of hydrogen-bond acceptors (Lipinski definition) is 10. The molecule has 14 heteroatoms. The number of benzene rings is 3. The minimum Gasteiger partial charge on any atom is -0.457 e. The molecule has 0 N–H and O–H groups in total. The van der Waals surface area contributed by atoms with Gasteiger partial charge >= 0.3 is 23.9 Å². The molecule has 0 amide bonds. The Bertz CT molecular complexity index is 1720. The van der Waals surface area contributed by atoms with Crippen LogP contribution >= 0.6 is 0 Å². The lowest BCUT2D eigenvalue weighted by atomic mass is 10.2. The Morgan fingerprint density at radius 1 is 0.638 bits per heavy atom. The molecule has 0 saturated heterocycles. The normalized spacial score (nSPS) is 10.8. The van der Waals surface area contributed by atoms with Gasteiger partial charge in [0.2, 0.25) is 13.6 Å². The van der Waals surface area contributed by atoms with E-state index in [1.165, 1.54) is 24.3 Å². The number of halogens is 4. The zero-order valence-electron chi connectivity index (χ0n) is 24.2. The highest BCUT2D eigenvalue weighted by molar-refractivity contribution is 5.90. The number of carbonyl (C=O) groups excluding carboxylic acids is 4. The zero-order chi connectivity index (χ0) is 34.3. The van der Waals surface area contributed by atoms with Crippen molar-refractivity contribution in [2.75, 3.05) is 13.6 Å². The molecule has 244 valence electrons. The number of hydrogen-bond donors (Lipinski definition) is 0. The molecule has 0 fully saturated rings. The Labute approximate surface area is 264 Å². The van der Waals surface area contributed by atoms with Gasteiger partial charge in [-0.3, -0.25) is 0 Å². The molecule has 0 saturated carbocycles. The predicted molar refractivity (Wildman–Crippen MR) is 157 cm³/mol. The van der Waals surface area contributed by atoms with Gasteiger partial charge in [-0.15, -0.1) is 0 Å². The van der Waals surface area contributed by atoms with Crippen molar-refractivity contribution in [3.05, 3.63) is 120 Å². The van der Waals surface area contributed by atoms with Crippen LogP contribution in [-0.4, -0.2) is 37.5 Å². The molecule has 3 aromatic carbocycles. The highest BCUT2D eigenvalue weighted by Crippen LogP contribution is 2.33. The molecule has 0 radical (unpaired) electrons. The third-order valence-corrected chi connectivity index (χ3v) is 5.57. The highest BCUT2D eigenvalue weighted by atomic mass is 19.3. The van der Waals surface area contributed by atoms with Crippen LogP contribution in [0.15, 0.2) is 92.1 Å². The first-order valence-corrected chi connectivity index (χ1v) is 13.1. The van der Waals surface area contributed by atoms with E-state index in [-0.39, 0.29) is 28.4 Å². The van der Waals surface area contributed by atoms with Crippen LogP contribution in [0.5, 0.6) is 23.0 Å². The van der Waals surface area contributed by atoms with Crippen molar-refractivity contribution in [3.8, 4) is 23.0 Å². The summed E-state index contributed by atoms with van der Waals surface area (Å²) in [6.07, 6.45) is 2.45. The maximum Gasteiger partial charge on any atom is 0.336 e. The summed E-state index contributed by atoms with van der Waals surface area (Å²) in [7, 11) is 0. The van der Waals surface area contributed by atoms with Crippen molar-refractivity contribution in [3.63, 3.8) is 0 Å². The smallest absolute Gasteiger partial charge is 0.336 e. The van der Waals surface area contributed by atoms with Gasteiger partial charge in [-0.05, 0) is 54.6 Å². The largest absolute Gasteiger partial charge is 0.457 e. The van der Waals surface area contributed by atoms with Crippen LogP contribution in [0, 0.1) is 11.6 Å². The van der Waals surface area contributed by atoms with E-state index in [2.05, 4.69) is 22.6 Å². The lowest BCUT2D eigenvalue weighted by Gasteiger charge is -2.10. The molecule has 0 heterocycles. The van der Waals surface area contributed by atoms with Gasteiger partial charge in [0.25, 0.3) is 6.43 Å². The summed E-state index contributed by atoms with van der Waals surface area (Å²) in [6, 6.07) is 9.96. The molecule has 3 aromatic rings. The standard InChI is InChI=1S/C33H24F4O10/c1-3-29(38)44-18-42-22-9-5-20(26(34)16-22)7-13-31(40)46-24-11-12-28(25(15-24)33(36)37)47-32(41)14-8-21-6-10-23(17-27(21)35)43-19-45-30(39)4-2/h3-17,33H,1-2,18-19H2/b13-7+,14-8+. The topological polar surface area (TPSA) is 124 Å². The Kier molecular flexibility index (Phi) is 13.0. The first-order chi connectivity index (χ1) is 22.5. The van der Waals surface area contributed by atoms with E-state index in [1.54, 1.807) is 0 Å². The Morgan fingerprint density at radius 2 is 1.11 bits per heavy atom. The predicted octanol–water partition coefficient (Wildman–Crippen LogP) is 6.27. The maximum absolute atomic E-state index is 14.4. The number of ether oxygens (including phenoxy) is 6. The van der Waals surface area contributed by atoms with Crippen LogP contribution in [0.2, 0.25) is 0 Å². The quantitative estimate of drug-likeness (QED) is 0.0608. The van der Waals surface area contributed by atoms with Gasteiger partial charge in [0.05, 0.1) is 5.56 Å². The average molecular weight is 657 g/mol. The highest BCUT2D eigenvalue weighted by Gasteiger charge is 2.18. The summed E-state index contributed by atoms with van der Waals surface area (Å²) < 4.78 is 85.5. The lowest BCUT2D eigenvalue weighted by Crippen LogP contribution is -2.08. The van der Waals surface area contributed by atoms with E-state index in [4.69, 9.17) is 18.9 Å². The number of carbonyl (C=O) groups is 4. The van der Waals surface area contributed by atoms with Gasteiger partial charge in [-0.2, -0.15) is 0 Å². The molecule has 10 nitrogen and oxygen atoms in total.